The standard InChI is InChI=1S/C16H25NO4/c1-12(9-11-19-6)14(13-8-7-10-20-13)17(5)15(18)21-16(2,3)4/h7-12,14H,1-6H3/t12?,14-/m0/s1. The molecule has 2 atom stereocenters. The number of rotatable bonds is 5. The normalized spacial score (nSPS) is 14.8. The molecule has 1 aromatic heterocycles. The molecule has 0 fully saturated rings. The molecule has 1 heterocycles. The highest BCUT2D eigenvalue weighted by Crippen LogP contribution is 2.30. The summed E-state index contributed by atoms with van der Waals surface area (Å²) in [4.78, 5) is 13.8. The van der Waals surface area contributed by atoms with E-state index in [1.807, 2.05) is 39.8 Å². The van der Waals surface area contributed by atoms with Gasteiger partial charge in [-0.2, -0.15) is 0 Å². The zero-order chi connectivity index (χ0) is 16.0. The largest absolute Gasteiger partial charge is 0.505 e. The first-order valence-corrected chi connectivity index (χ1v) is 6.95. The molecule has 1 aromatic rings. The molecule has 0 radical (unpaired) electrons. The van der Waals surface area contributed by atoms with Gasteiger partial charge in [-0.3, -0.25) is 0 Å². The average molecular weight is 295 g/mol. The number of carbonyl (C=O) groups is 1. The number of nitrogens with zero attached hydrogens (tertiary/aromatic N) is 1. The Labute approximate surface area is 126 Å². The van der Waals surface area contributed by atoms with E-state index >= 15 is 0 Å². The molecule has 0 N–H and O–H groups in total. The first-order valence-electron chi connectivity index (χ1n) is 6.95. The second kappa shape index (κ2) is 7.20. The smallest absolute Gasteiger partial charge is 0.410 e. The quantitative estimate of drug-likeness (QED) is 0.771. The maximum Gasteiger partial charge on any atom is 0.410 e. The van der Waals surface area contributed by atoms with Gasteiger partial charge in [-0.05, 0) is 39.0 Å². The van der Waals surface area contributed by atoms with Crippen molar-refractivity contribution in [3.8, 4) is 0 Å². The molecular weight excluding hydrogens is 270 g/mol. The third-order valence-electron chi connectivity index (χ3n) is 2.95. The Bertz CT molecular complexity index is 459. The molecule has 0 saturated heterocycles. The van der Waals surface area contributed by atoms with Crippen molar-refractivity contribution >= 4 is 6.09 Å². The Kier molecular flexibility index (Phi) is 5.88. The third-order valence-corrected chi connectivity index (χ3v) is 2.95. The van der Waals surface area contributed by atoms with Crippen molar-refractivity contribution < 1.29 is 18.7 Å². The van der Waals surface area contributed by atoms with Crippen molar-refractivity contribution in [2.24, 2.45) is 5.92 Å². The van der Waals surface area contributed by atoms with Crippen molar-refractivity contribution in [3.05, 3.63) is 36.5 Å². The third kappa shape index (κ3) is 5.17. The van der Waals surface area contributed by atoms with E-state index in [-0.39, 0.29) is 18.1 Å². The van der Waals surface area contributed by atoms with E-state index in [0.29, 0.717) is 5.76 Å². The van der Waals surface area contributed by atoms with Crippen molar-refractivity contribution in [1.82, 2.24) is 4.90 Å². The molecule has 0 aliphatic heterocycles. The fourth-order valence-electron chi connectivity index (χ4n) is 2.02. The second-order valence-electron chi connectivity index (χ2n) is 5.97. The SMILES string of the molecule is COC=CC(C)[C@@H](c1ccco1)N(C)C(=O)OC(C)(C)C. The van der Waals surface area contributed by atoms with Crippen LogP contribution in [0.2, 0.25) is 0 Å². The molecule has 0 bridgehead atoms. The molecule has 1 unspecified atom stereocenters. The maximum atomic E-state index is 12.3. The fourth-order valence-corrected chi connectivity index (χ4v) is 2.02. The van der Waals surface area contributed by atoms with E-state index in [1.165, 1.54) is 0 Å². The highest BCUT2D eigenvalue weighted by atomic mass is 16.6. The Hall–Kier alpha value is -1.91. The fraction of sp³-hybridized carbons (Fsp3) is 0.562. The van der Waals surface area contributed by atoms with Crippen molar-refractivity contribution in [3.63, 3.8) is 0 Å². The first kappa shape index (κ1) is 17.1. The summed E-state index contributed by atoms with van der Waals surface area (Å²) in [6.45, 7) is 7.52. The van der Waals surface area contributed by atoms with E-state index in [0.717, 1.165) is 0 Å². The molecule has 0 aliphatic rings. The lowest BCUT2D eigenvalue weighted by atomic mass is 9.98. The number of ether oxygens (including phenoxy) is 2. The van der Waals surface area contributed by atoms with Gasteiger partial charge < -0.3 is 18.8 Å². The molecule has 0 aliphatic carbocycles. The van der Waals surface area contributed by atoms with Crippen LogP contribution in [0.5, 0.6) is 0 Å². The van der Waals surface area contributed by atoms with Gasteiger partial charge in [0.15, 0.2) is 0 Å². The number of furan rings is 1. The van der Waals surface area contributed by atoms with Crippen LogP contribution >= 0.6 is 0 Å². The first-order chi connectivity index (χ1) is 9.76. The van der Waals surface area contributed by atoms with Crippen LogP contribution in [-0.2, 0) is 9.47 Å². The molecule has 5 nitrogen and oxygen atoms in total. The molecule has 5 heteroatoms. The molecule has 118 valence electrons. The van der Waals surface area contributed by atoms with E-state index in [4.69, 9.17) is 13.9 Å². The van der Waals surface area contributed by atoms with Gasteiger partial charge in [-0.15, -0.1) is 0 Å². The predicted molar refractivity (Wildman–Crippen MR) is 80.8 cm³/mol. The van der Waals surface area contributed by atoms with E-state index in [1.54, 1.807) is 37.6 Å². The Morgan fingerprint density at radius 2 is 2.10 bits per heavy atom. The minimum Gasteiger partial charge on any atom is -0.505 e. The minimum atomic E-state index is -0.537. The number of hydrogen-bond donors (Lipinski definition) is 0. The molecule has 0 aromatic carbocycles. The van der Waals surface area contributed by atoms with Gasteiger partial charge in [-0.1, -0.05) is 6.92 Å². The lowest BCUT2D eigenvalue weighted by molar-refractivity contribution is 0.0163. The van der Waals surface area contributed by atoms with Crippen molar-refractivity contribution in [1.29, 1.82) is 0 Å². The summed E-state index contributed by atoms with van der Waals surface area (Å²) in [6, 6.07) is 3.39. The molecule has 0 saturated carbocycles. The van der Waals surface area contributed by atoms with Gasteiger partial charge in [0.1, 0.15) is 11.4 Å². The lowest BCUT2D eigenvalue weighted by Gasteiger charge is -2.32. The maximum absolute atomic E-state index is 12.3. The van der Waals surface area contributed by atoms with Gasteiger partial charge >= 0.3 is 6.09 Å². The summed E-state index contributed by atoms with van der Waals surface area (Å²) in [7, 11) is 3.29. The number of hydrogen-bond acceptors (Lipinski definition) is 4. The highest BCUT2D eigenvalue weighted by Gasteiger charge is 2.31. The lowest BCUT2D eigenvalue weighted by Crippen LogP contribution is -2.38. The van der Waals surface area contributed by atoms with Gasteiger partial charge in [-0.25, -0.2) is 4.79 Å². The summed E-state index contributed by atoms with van der Waals surface area (Å²) in [5.74, 6) is 0.713. The summed E-state index contributed by atoms with van der Waals surface area (Å²) < 4.78 is 15.9. The Morgan fingerprint density at radius 1 is 1.43 bits per heavy atom. The van der Waals surface area contributed by atoms with E-state index in [2.05, 4.69) is 0 Å². The second-order valence-corrected chi connectivity index (χ2v) is 5.97. The summed E-state index contributed by atoms with van der Waals surface area (Å²) >= 11 is 0. The van der Waals surface area contributed by atoms with Crippen LogP contribution in [0.4, 0.5) is 4.79 Å². The molecule has 1 rings (SSSR count). The molecule has 21 heavy (non-hydrogen) atoms. The van der Waals surface area contributed by atoms with Crippen LogP contribution in [0.3, 0.4) is 0 Å². The van der Waals surface area contributed by atoms with Gasteiger partial charge in [0.05, 0.1) is 25.7 Å². The number of carbonyl (C=O) groups excluding carboxylic acids is 1. The minimum absolute atomic E-state index is 0.00798. The predicted octanol–water partition coefficient (Wildman–Crippen LogP) is 3.98. The van der Waals surface area contributed by atoms with Crippen molar-refractivity contribution in [2.75, 3.05) is 14.2 Å². The molecule has 1 amide bonds. The number of methoxy groups -OCH3 is 1. The zero-order valence-electron chi connectivity index (χ0n) is 13.6. The average Bonchev–Trinajstić information content (AvgIpc) is 2.88. The van der Waals surface area contributed by atoms with Gasteiger partial charge in [0.25, 0.3) is 0 Å². The van der Waals surface area contributed by atoms with E-state index < -0.39 is 5.60 Å². The Morgan fingerprint density at radius 3 is 2.57 bits per heavy atom. The molecule has 0 spiro atoms. The summed E-state index contributed by atoms with van der Waals surface area (Å²) in [5, 5.41) is 0. The van der Waals surface area contributed by atoms with Gasteiger partial charge in [0.2, 0.25) is 0 Å². The zero-order valence-corrected chi connectivity index (χ0v) is 13.6. The van der Waals surface area contributed by atoms with Crippen LogP contribution in [-0.4, -0.2) is 30.8 Å². The van der Waals surface area contributed by atoms with Crippen LogP contribution in [0.25, 0.3) is 0 Å². The van der Waals surface area contributed by atoms with Crippen LogP contribution in [0, 0.1) is 5.92 Å². The Balaban J connectivity index is 2.96. The highest BCUT2D eigenvalue weighted by molar-refractivity contribution is 5.68. The van der Waals surface area contributed by atoms with E-state index in [9.17, 15) is 4.79 Å². The molecular formula is C16H25NO4. The topological polar surface area (TPSA) is 51.9 Å². The van der Waals surface area contributed by atoms with Crippen LogP contribution < -0.4 is 0 Å². The number of amides is 1. The summed E-state index contributed by atoms with van der Waals surface area (Å²) in [6.07, 6.45) is 4.69. The van der Waals surface area contributed by atoms with Crippen LogP contribution in [0.1, 0.15) is 39.5 Å². The monoisotopic (exact) mass is 295 g/mol. The summed E-state index contributed by atoms with van der Waals surface area (Å²) in [5.41, 5.74) is -0.537. The van der Waals surface area contributed by atoms with Gasteiger partial charge in [0, 0.05) is 13.0 Å². The van der Waals surface area contributed by atoms with Crippen LogP contribution in [0.15, 0.2) is 35.2 Å². The van der Waals surface area contributed by atoms with Crippen molar-refractivity contribution in [2.45, 2.75) is 39.3 Å².